The Morgan fingerprint density at radius 1 is 1.33 bits per heavy atom. The van der Waals surface area contributed by atoms with Gasteiger partial charge in [-0.2, -0.15) is 0 Å². The van der Waals surface area contributed by atoms with E-state index in [0.717, 1.165) is 19.4 Å². The lowest BCUT2D eigenvalue weighted by molar-refractivity contribution is 0.0415. The van der Waals surface area contributed by atoms with Crippen molar-refractivity contribution in [3.05, 3.63) is 33.8 Å². The van der Waals surface area contributed by atoms with Crippen LogP contribution in [0.3, 0.4) is 0 Å². The van der Waals surface area contributed by atoms with Crippen LogP contribution in [0.1, 0.15) is 24.5 Å². The highest BCUT2D eigenvalue weighted by Crippen LogP contribution is 2.27. The van der Waals surface area contributed by atoms with Gasteiger partial charge in [0.25, 0.3) is 0 Å². The first-order valence-corrected chi connectivity index (χ1v) is 6.83. The van der Waals surface area contributed by atoms with Crippen LogP contribution in [0.2, 0.25) is 10.0 Å². The van der Waals surface area contributed by atoms with Crippen molar-refractivity contribution in [3.63, 3.8) is 0 Å². The number of aliphatic hydroxyl groups is 2. The largest absolute Gasteiger partial charge is 0.393 e. The van der Waals surface area contributed by atoms with Gasteiger partial charge in [0.05, 0.1) is 12.2 Å². The highest BCUT2D eigenvalue weighted by Gasteiger charge is 2.26. The molecule has 0 spiro atoms. The van der Waals surface area contributed by atoms with Gasteiger partial charge in [0, 0.05) is 22.2 Å². The number of halogens is 2. The molecule has 1 aromatic carbocycles. The summed E-state index contributed by atoms with van der Waals surface area (Å²) in [6, 6.07) is 5.07. The first-order valence-electron chi connectivity index (χ1n) is 6.08. The van der Waals surface area contributed by atoms with Crippen molar-refractivity contribution < 1.29 is 10.2 Å². The summed E-state index contributed by atoms with van der Waals surface area (Å²) in [5.41, 5.74) is 0.644. The molecule has 100 valence electrons. The second-order valence-corrected chi connectivity index (χ2v) is 5.67. The molecule has 0 aromatic heterocycles. The van der Waals surface area contributed by atoms with Crippen LogP contribution in [0.4, 0.5) is 0 Å². The van der Waals surface area contributed by atoms with E-state index >= 15 is 0 Å². The SMILES string of the molecule is OC1CC(CNCC(O)c2cc(Cl)ccc2Cl)C1. The van der Waals surface area contributed by atoms with Crippen LogP contribution in [0.5, 0.6) is 0 Å². The summed E-state index contributed by atoms with van der Waals surface area (Å²) < 4.78 is 0. The number of benzene rings is 1. The average Bonchev–Trinajstić information content (AvgIpc) is 2.29. The molecule has 1 fully saturated rings. The van der Waals surface area contributed by atoms with E-state index in [4.69, 9.17) is 28.3 Å². The molecule has 0 aliphatic heterocycles. The minimum atomic E-state index is -0.666. The van der Waals surface area contributed by atoms with E-state index in [1.807, 2.05) is 0 Å². The molecular formula is C13H17Cl2NO2. The second kappa shape index (κ2) is 6.22. The molecule has 3 nitrogen and oxygen atoms in total. The van der Waals surface area contributed by atoms with Gasteiger partial charge in [-0.05, 0) is 43.5 Å². The van der Waals surface area contributed by atoms with Crippen LogP contribution in [-0.2, 0) is 0 Å². The van der Waals surface area contributed by atoms with Gasteiger partial charge < -0.3 is 15.5 Å². The van der Waals surface area contributed by atoms with Crippen molar-refractivity contribution in [2.75, 3.05) is 13.1 Å². The fourth-order valence-corrected chi connectivity index (χ4v) is 2.60. The molecule has 0 radical (unpaired) electrons. The van der Waals surface area contributed by atoms with E-state index in [2.05, 4.69) is 5.32 Å². The lowest BCUT2D eigenvalue weighted by Crippen LogP contribution is -2.37. The van der Waals surface area contributed by atoms with Gasteiger partial charge in [-0.15, -0.1) is 0 Å². The highest BCUT2D eigenvalue weighted by atomic mass is 35.5. The lowest BCUT2D eigenvalue weighted by Gasteiger charge is -2.31. The quantitative estimate of drug-likeness (QED) is 0.780. The van der Waals surface area contributed by atoms with Gasteiger partial charge >= 0.3 is 0 Å². The maximum absolute atomic E-state index is 10.0. The molecule has 0 bridgehead atoms. The zero-order chi connectivity index (χ0) is 13.1. The predicted molar refractivity (Wildman–Crippen MR) is 73.0 cm³/mol. The van der Waals surface area contributed by atoms with Gasteiger partial charge in [-0.1, -0.05) is 23.2 Å². The molecule has 1 unspecified atom stereocenters. The van der Waals surface area contributed by atoms with E-state index in [-0.39, 0.29) is 6.10 Å². The summed E-state index contributed by atoms with van der Waals surface area (Å²) in [5.74, 6) is 0.516. The van der Waals surface area contributed by atoms with Gasteiger partial charge in [-0.3, -0.25) is 0 Å². The summed E-state index contributed by atoms with van der Waals surface area (Å²) in [5, 5.41) is 23.5. The Hall–Kier alpha value is -0.320. The van der Waals surface area contributed by atoms with Crippen LogP contribution in [0.15, 0.2) is 18.2 Å². The summed E-state index contributed by atoms with van der Waals surface area (Å²) >= 11 is 11.9. The number of aliphatic hydroxyl groups excluding tert-OH is 2. The van der Waals surface area contributed by atoms with E-state index in [1.54, 1.807) is 18.2 Å². The fraction of sp³-hybridized carbons (Fsp3) is 0.538. The third-order valence-electron chi connectivity index (χ3n) is 3.30. The Balaban J connectivity index is 1.80. The van der Waals surface area contributed by atoms with Crippen molar-refractivity contribution in [2.24, 2.45) is 5.92 Å². The first kappa shape index (κ1) is 14.1. The van der Waals surface area contributed by atoms with Gasteiger partial charge in [-0.25, -0.2) is 0 Å². The minimum Gasteiger partial charge on any atom is -0.393 e. The highest BCUT2D eigenvalue weighted by molar-refractivity contribution is 6.33. The van der Waals surface area contributed by atoms with Crippen molar-refractivity contribution in [2.45, 2.75) is 25.0 Å². The lowest BCUT2D eigenvalue weighted by atomic mass is 9.82. The first-order chi connectivity index (χ1) is 8.56. The van der Waals surface area contributed by atoms with E-state index in [1.165, 1.54) is 0 Å². The molecule has 1 aliphatic rings. The molecule has 2 rings (SSSR count). The van der Waals surface area contributed by atoms with Crippen molar-refractivity contribution in [3.8, 4) is 0 Å². The molecule has 1 aromatic rings. The fourth-order valence-electron chi connectivity index (χ4n) is 2.17. The van der Waals surface area contributed by atoms with Crippen LogP contribution in [0, 0.1) is 5.92 Å². The third-order valence-corrected chi connectivity index (χ3v) is 3.88. The monoisotopic (exact) mass is 289 g/mol. The number of hydrogen-bond acceptors (Lipinski definition) is 3. The molecule has 1 atom stereocenters. The smallest absolute Gasteiger partial charge is 0.0929 e. The number of hydrogen-bond donors (Lipinski definition) is 3. The third kappa shape index (κ3) is 3.59. The predicted octanol–water partition coefficient (Wildman–Crippen LogP) is 2.39. The van der Waals surface area contributed by atoms with E-state index in [9.17, 15) is 5.11 Å². The second-order valence-electron chi connectivity index (χ2n) is 4.83. The molecule has 1 saturated carbocycles. The van der Waals surface area contributed by atoms with E-state index < -0.39 is 6.10 Å². The van der Waals surface area contributed by atoms with Gasteiger partial charge in [0.2, 0.25) is 0 Å². The maximum atomic E-state index is 10.0. The average molecular weight is 290 g/mol. The topological polar surface area (TPSA) is 52.5 Å². The zero-order valence-electron chi connectivity index (χ0n) is 9.94. The Kier molecular flexibility index (Phi) is 4.87. The van der Waals surface area contributed by atoms with Crippen LogP contribution in [-0.4, -0.2) is 29.4 Å². The van der Waals surface area contributed by atoms with Crippen molar-refractivity contribution in [1.82, 2.24) is 5.32 Å². The summed E-state index contributed by atoms with van der Waals surface area (Å²) in [6.45, 7) is 1.25. The Bertz CT molecular complexity index is 408. The Morgan fingerprint density at radius 3 is 2.72 bits per heavy atom. The molecule has 18 heavy (non-hydrogen) atoms. The summed E-state index contributed by atoms with van der Waals surface area (Å²) in [4.78, 5) is 0. The Labute approximate surface area is 117 Å². The van der Waals surface area contributed by atoms with Gasteiger partial charge in [0.1, 0.15) is 0 Å². The molecule has 0 saturated heterocycles. The van der Waals surface area contributed by atoms with Crippen LogP contribution >= 0.6 is 23.2 Å². The molecular weight excluding hydrogens is 273 g/mol. The molecule has 3 N–H and O–H groups in total. The standard InChI is InChI=1S/C13H17Cl2NO2/c14-9-1-2-12(15)11(5-9)13(18)7-16-6-8-3-10(17)4-8/h1-2,5,8,10,13,16-18H,3-4,6-7H2. The maximum Gasteiger partial charge on any atom is 0.0929 e. The zero-order valence-corrected chi connectivity index (χ0v) is 11.5. The minimum absolute atomic E-state index is 0.135. The molecule has 0 heterocycles. The van der Waals surface area contributed by atoms with Gasteiger partial charge in [0.15, 0.2) is 0 Å². The molecule has 1 aliphatic carbocycles. The van der Waals surface area contributed by atoms with Crippen LogP contribution in [0.25, 0.3) is 0 Å². The van der Waals surface area contributed by atoms with Crippen LogP contribution < -0.4 is 5.32 Å². The molecule has 0 amide bonds. The van der Waals surface area contributed by atoms with Crippen molar-refractivity contribution in [1.29, 1.82) is 0 Å². The summed E-state index contributed by atoms with van der Waals surface area (Å²) in [6.07, 6.45) is 0.896. The number of rotatable bonds is 5. The normalized spacial score (nSPS) is 24.7. The summed E-state index contributed by atoms with van der Waals surface area (Å²) in [7, 11) is 0. The number of nitrogens with one attached hydrogen (secondary N) is 1. The Morgan fingerprint density at radius 2 is 2.06 bits per heavy atom. The van der Waals surface area contributed by atoms with Crippen molar-refractivity contribution >= 4 is 23.2 Å². The molecule has 5 heteroatoms. The van der Waals surface area contributed by atoms with E-state index in [0.29, 0.717) is 28.1 Å².